The fraction of sp³-hybridized carbons (Fsp3) is 0.286. The summed E-state index contributed by atoms with van der Waals surface area (Å²) < 4.78 is 55.6. The van der Waals surface area contributed by atoms with Crippen molar-refractivity contribution in [3.8, 4) is 17.9 Å². The largest absolute Gasteiger partial charge is 0.371 e. The lowest BCUT2D eigenvalue weighted by Gasteiger charge is -2.37. The van der Waals surface area contributed by atoms with Crippen molar-refractivity contribution in [3.63, 3.8) is 0 Å². The van der Waals surface area contributed by atoms with Gasteiger partial charge in [-0.1, -0.05) is 11.8 Å². The zero-order valence-electron chi connectivity index (χ0n) is 14.3. The van der Waals surface area contributed by atoms with E-state index in [0.29, 0.717) is 5.56 Å². The predicted molar refractivity (Wildman–Crippen MR) is 92.3 cm³/mol. The van der Waals surface area contributed by atoms with E-state index in [1.807, 2.05) is 12.1 Å². The van der Waals surface area contributed by atoms with Crippen molar-refractivity contribution in [1.82, 2.24) is 0 Å². The molecule has 4 rings (SSSR count). The Morgan fingerprint density at radius 2 is 1.30 bits per heavy atom. The van der Waals surface area contributed by atoms with Crippen LogP contribution in [0.15, 0.2) is 12.1 Å². The summed E-state index contributed by atoms with van der Waals surface area (Å²) in [5.74, 6) is -1.90. The average Bonchev–Trinajstić information content (AvgIpc) is 2.67. The number of aryl methyl sites for hydroxylation is 2. The number of rotatable bonds is 0. The van der Waals surface area contributed by atoms with Crippen LogP contribution in [0.2, 0.25) is 0 Å². The lowest BCUT2D eigenvalue weighted by molar-refractivity contribution is 0.447. The molecule has 0 bridgehead atoms. The number of hydrogen-bond acceptors (Lipinski definition) is 2. The van der Waals surface area contributed by atoms with Crippen LogP contribution in [0.3, 0.4) is 0 Å². The van der Waals surface area contributed by atoms with Gasteiger partial charge in [0.25, 0.3) is 0 Å². The van der Waals surface area contributed by atoms with E-state index in [2.05, 4.69) is 16.7 Å². The Morgan fingerprint density at radius 3 is 1.81 bits per heavy atom. The molecule has 0 unspecified atom stereocenters. The zero-order chi connectivity index (χ0) is 19.1. The third-order valence-corrected chi connectivity index (χ3v) is 5.04. The predicted octanol–water partition coefficient (Wildman–Crippen LogP) is 4.21. The summed E-state index contributed by atoms with van der Waals surface area (Å²) >= 11 is 0. The third-order valence-electron chi connectivity index (χ3n) is 5.04. The van der Waals surface area contributed by atoms with Gasteiger partial charge in [0.2, 0.25) is 0 Å². The molecule has 0 spiro atoms. The first-order valence-electron chi connectivity index (χ1n) is 8.70. The molecule has 2 nitrogen and oxygen atoms in total. The van der Waals surface area contributed by atoms with Crippen molar-refractivity contribution >= 4 is 5.69 Å². The Hall–Kier alpha value is -2.99. The van der Waals surface area contributed by atoms with Crippen molar-refractivity contribution in [3.05, 3.63) is 63.2 Å². The number of hydrogen-bond donors (Lipinski definition) is 0. The third kappa shape index (κ3) is 2.82. The van der Waals surface area contributed by atoms with E-state index in [1.165, 1.54) is 5.69 Å². The fourth-order valence-corrected chi connectivity index (χ4v) is 3.85. The maximum atomic E-state index is 14.0. The standard InChI is InChI=1S/C21H14F4N2/c22-17-15(18(23)20(25)16(11-26)19(17)24)6-5-12-9-13-3-1-7-27-8-2-4-14(10-12)21(13)27/h9-10H,1-4,7-8H2. The SMILES string of the molecule is N#Cc1c(F)c(F)c(C#Cc2cc3c4c(c2)CCCN4CCC3)c(F)c1F. The monoisotopic (exact) mass is 370 g/mol. The van der Waals surface area contributed by atoms with Crippen molar-refractivity contribution < 1.29 is 17.6 Å². The van der Waals surface area contributed by atoms with E-state index >= 15 is 0 Å². The molecule has 0 amide bonds. The topological polar surface area (TPSA) is 27.0 Å². The molecule has 0 fully saturated rings. The molecule has 0 saturated carbocycles. The summed E-state index contributed by atoms with van der Waals surface area (Å²) in [5.41, 5.74) is 1.77. The Labute approximate surface area is 154 Å². The van der Waals surface area contributed by atoms with Gasteiger partial charge >= 0.3 is 0 Å². The average molecular weight is 370 g/mol. The van der Waals surface area contributed by atoms with E-state index < -0.39 is 34.4 Å². The van der Waals surface area contributed by atoms with Crippen LogP contribution >= 0.6 is 0 Å². The first-order valence-corrected chi connectivity index (χ1v) is 8.70. The highest BCUT2D eigenvalue weighted by atomic mass is 19.2. The molecule has 0 atom stereocenters. The van der Waals surface area contributed by atoms with Crippen LogP contribution in [0.1, 0.15) is 40.7 Å². The second-order valence-corrected chi connectivity index (χ2v) is 6.70. The van der Waals surface area contributed by atoms with Crippen LogP contribution in [0.5, 0.6) is 0 Å². The lowest BCUT2D eigenvalue weighted by atomic mass is 9.90. The normalized spacial score (nSPS) is 14.9. The van der Waals surface area contributed by atoms with Crippen LogP contribution in [0.25, 0.3) is 0 Å². The van der Waals surface area contributed by atoms with Crippen LogP contribution in [-0.2, 0) is 12.8 Å². The minimum absolute atomic E-state index is 0.552. The van der Waals surface area contributed by atoms with Gasteiger partial charge in [-0.25, -0.2) is 17.6 Å². The Kier molecular flexibility index (Phi) is 4.28. The molecule has 2 aromatic carbocycles. The summed E-state index contributed by atoms with van der Waals surface area (Å²) in [6, 6.07) is 4.86. The van der Waals surface area contributed by atoms with Gasteiger partial charge in [-0.15, -0.1) is 0 Å². The quantitative estimate of drug-likeness (QED) is 0.395. The van der Waals surface area contributed by atoms with Gasteiger partial charge in [0, 0.05) is 24.3 Å². The minimum atomic E-state index is -1.73. The maximum absolute atomic E-state index is 14.0. The summed E-state index contributed by atoms with van der Waals surface area (Å²) in [6.07, 6.45) is 3.85. The molecule has 136 valence electrons. The maximum Gasteiger partial charge on any atom is 0.181 e. The van der Waals surface area contributed by atoms with Crippen LogP contribution in [0.4, 0.5) is 23.2 Å². The van der Waals surface area contributed by atoms with Crippen molar-refractivity contribution in [1.29, 1.82) is 5.26 Å². The molecule has 2 heterocycles. The van der Waals surface area contributed by atoms with E-state index in [9.17, 15) is 17.6 Å². The highest BCUT2D eigenvalue weighted by molar-refractivity contribution is 5.66. The Balaban J connectivity index is 1.80. The second kappa shape index (κ2) is 6.63. The molecular formula is C21H14F4N2. The summed E-state index contributed by atoms with van der Waals surface area (Å²) in [6.45, 7) is 2.04. The van der Waals surface area contributed by atoms with Gasteiger partial charge in [-0.2, -0.15) is 5.26 Å². The molecule has 2 aliphatic heterocycles. The van der Waals surface area contributed by atoms with Crippen LogP contribution < -0.4 is 4.90 Å². The molecule has 2 aliphatic rings. The molecule has 0 aliphatic carbocycles. The van der Waals surface area contributed by atoms with E-state index in [0.717, 1.165) is 56.0 Å². The fourth-order valence-electron chi connectivity index (χ4n) is 3.85. The molecule has 0 radical (unpaired) electrons. The summed E-state index contributed by atoms with van der Waals surface area (Å²) in [5, 5.41) is 8.64. The Bertz CT molecular complexity index is 997. The number of benzene rings is 2. The second-order valence-electron chi connectivity index (χ2n) is 6.70. The van der Waals surface area contributed by atoms with E-state index in [-0.39, 0.29) is 0 Å². The van der Waals surface area contributed by atoms with Gasteiger partial charge < -0.3 is 4.90 Å². The molecule has 2 aromatic rings. The number of nitriles is 1. The zero-order valence-corrected chi connectivity index (χ0v) is 14.3. The summed E-state index contributed by atoms with van der Waals surface area (Å²) in [7, 11) is 0. The van der Waals surface area contributed by atoms with Crippen molar-refractivity contribution in [2.75, 3.05) is 18.0 Å². The molecule has 0 N–H and O–H groups in total. The number of nitrogens with zero attached hydrogens (tertiary/aromatic N) is 2. The summed E-state index contributed by atoms with van der Waals surface area (Å²) in [4.78, 5) is 2.35. The first kappa shape index (κ1) is 17.4. The molecule has 6 heteroatoms. The highest BCUT2D eigenvalue weighted by Gasteiger charge is 2.25. The van der Waals surface area contributed by atoms with E-state index in [4.69, 9.17) is 5.26 Å². The minimum Gasteiger partial charge on any atom is -0.371 e. The molecular weight excluding hydrogens is 356 g/mol. The Morgan fingerprint density at radius 1 is 0.778 bits per heavy atom. The van der Waals surface area contributed by atoms with E-state index in [1.54, 1.807) is 0 Å². The molecule has 0 aromatic heterocycles. The van der Waals surface area contributed by atoms with Gasteiger partial charge in [-0.3, -0.25) is 0 Å². The van der Waals surface area contributed by atoms with Gasteiger partial charge in [0.15, 0.2) is 23.3 Å². The lowest BCUT2D eigenvalue weighted by Crippen LogP contribution is -2.34. The molecule has 0 saturated heterocycles. The van der Waals surface area contributed by atoms with Crippen LogP contribution in [-0.4, -0.2) is 13.1 Å². The number of anilines is 1. The molecule has 27 heavy (non-hydrogen) atoms. The first-order chi connectivity index (χ1) is 13.0. The van der Waals surface area contributed by atoms with Crippen LogP contribution in [0, 0.1) is 46.4 Å². The van der Waals surface area contributed by atoms with Gasteiger partial charge in [0.05, 0.1) is 0 Å². The number of halogens is 4. The van der Waals surface area contributed by atoms with Gasteiger partial charge in [-0.05, 0) is 48.9 Å². The van der Waals surface area contributed by atoms with Crippen molar-refractivity contribution in [2.45, 2.75) is 25.7 Å². The van der Waals surface area contributed by atoms with Gasteiger partial charge in [0.1, 0.15) is 17.2 Å². The smallest absolute Gasteiger partial charge is 0.181 e. The van der Waals surface area contributed by atoms with Crippen molar-refractivity contribution in [2.24, 2.45) is 0 Å². The highest BCUT2D eigenvalue weighted by Crippen LogP contribution is 2.36.